The van der Waals surface area contributed by atoms with Gasteiger partial charge in [0.1, 0.15) is 11.9 Å². The van der Waals surface area contributed by atoms with E-state index >= 15 is 0 Å². The lowest BCUT2D eigenvalue weighted by molar-refractivity contribution is -0.122. The lowest BCUT2D eigenvalue weighted by Crippen LogP contribution is -2.36. The number of Topliss-reactive ketones (excluding diaryl/α,β-unsaturated/α-hetero) is 1. The minimum absolute atomic E-state index is 0.152. The van der Waals surface area contributed by atoms with Crippen LogP contribution in [0.4, 0.5) is 5.69 Å². The minimum atomic E-state index is -0.582. The second kappa shape index (κ2) is 5.22. The van der Waals surface area contributed by atoms with Gasteiger partial charge >= 0.3 is 0 Å². The molecule has 0 saturated carbocycles. The zero-order chi connectivity index (χ0) is 14.1. The van der Waals surface area contributed by atoms with E-state index in [0.29, 0.717) is 30.2 Å². The van der Waals surface area contributed by atoms with Crippen molar-refractivity contribution in [2.45, 2.75) is 19.1 Å². The topological polar surface area (TPSA) is 73.9 Å². The zero-order valence-corrected chi connectivity index (χ0v) is 11.0. The number of nitrogens with one attached hydrogen (secondary N) is 1. The second-order valence-corrected chi connectivity index (χ2v) is 4.76. The van der Waals surface area contributed by atoms with Crippen LogP contribution in [0.1, 0.15) is 17.3 Å². The van der Waals surface area contributed by atoms with Crippen molar-refractivity contribution in [2.24, 2.45) is 0 Å². The summed E-state index contributed by atoms with van der Waals surface area (Å²) in [5, 5.41) is 2.72. The highest BCUT2D eigenvalue weighted by molar-refractivity contribution is 6.03. The van der Waals surface area contributed by atoms with E-state index in [9.17, 15) is 9.59 Å². The van der Waals surface area contributed by atoms with Gasteiger partial charge in [-0.1, -0.05) is 0 Å². The summed E-state index contributed by atoms with van der Waals surface area (Å²) in [6.45, 7) is 2.86. The Bertz CT molecular complexity index is 550. The molecule has 1 N–H and O–H groups in total. The molecule has 1 amide bonds. The SMILES string of the molecule is CC1Oc2ccc(C(=O)C3COCCO3)cc2NC1=O. The highest BCUT2D eigenvalue weighted by atomic mass is 16.6. The van der Waals surface area contributed by atoms with Gasteiger partial charge in [0.2, 0.25) is 0 Å². The maximum atomic E-state index is 12.3. The van der Waals surface area contributed by atoms with Gasteiger partial charge in [-0.25, -0.2) is 0 Å². The van der Waals surface area contributed by atoms with Gasteiger partial charge in [0, 0.05) is 5.56 Å². The lowest BCUT2D eigenvalue weighted by Gasteiger charge is -2.25. The molecule has 0 spiro atoms. The first-order chi connectivity index (χ1) is 9.65. The molecule has 6 heteroatoms. The van der Waals surface area contributed by atoms with Crippen LogP contribution >= 0.6 is 0 Å². The van der Waals surface area contributed by atoms with Gasteiger partial charge in [0.05, 0.1) is 25.5 Å². The third-order valence-electron chi connectivity index (χ3n) is 3.30. The van der Waals surface area contributed by atoms with Gasteiger partial charge in [-0.3, -0.25) is 9.59 Å². The molecule has 6 nitrogen and oxygen atoms in total. The molecule has 2 heterocycles. The molecule has 2 aliphatic rings. The smallest absolute Gasteiger partial charge is 0.265 e. The molecule has 106 valence electrons. The second-order valence-electron chi connectivity index (χ2n) is 4.76. The van der Waals surface area contributed by atoms with E-state index < -0.39 is 12.2 Å². The van der Waals surface area contributed by atoms with E-state index in [-0.39, 0.29) is 18.3 Å². The summed E-state index contributed by atoms with van der Waals surface area (Å²) in [6.07, 6.45) is -1.11. The molecule has 2 unspecified atom stereocenters. The minimum Gasteiger partial charge on any atom is -0.479 e. The van der Waals surface area contributed by atoms with Crippen LogP contribution in [0.2, 0.25) is 0 Å². The fourth-order valence-corrected chi connectivity index (χ4v) is 2.19. The quantitative estimate of drug-likeness (QED) is 0.816. The van der Waals surface area contributed by atoms with Gasteiger partial charge in [-0.05, 0) is 25.1 Å². The summed E-state index contributed by atoms with van der Waals surface area (Å²) >= 11 is 0. The van der Waals surface area contributed by atoms with Crippen molar-refractivity contribution in [3.8, 4) is 5.75 Å². The molecule has 0 bridgehead atoms. The van der Waals surface area contributed by atoms with Crippen molar-refractivity contribution in [2.75, 3.05) is 25.1 Å². The van der Waals surface area contributed by atoms with E-state index in [0.717, 1.165) is 0 Å². The van der Waals surface area contributed by atoms with Crippen LogP contribution < -0.4 is 10.1 Å². The Balaban J connectivity index is 1.83. The highest BCUT2D eigenvalue weighted by Crippen LogP contribution is 2.31. The number of amides is 1. The van der Waals surface area contributed by atoms with Crippen molar-refractivity contribution >= 4 is 17.4 Å². The first-order valence-electron chi connectivity index (χ1n) is 6.50. The Kier molecular flexibility index (Phi) is 3.42. The van der Waals surface area contributed by atoms with Crippen molar-refractivity contribution in [3.63, 3.8) is 0 Å². The molecule has 0 radical (unpaired) electrons. The zero-order valence-electron chi connectivity index (χ0n) is 11.0. The average Bonchev–Trinajstić information content (AvgIpc) is 2.48. The molecule has 2 atom stereocenters. The van der Waals surface area contributed by atoms with E-state index in [1.54, 1.807) is 25.1 Å². The highest BCUT2D eigenvalue weighted by Gasteiger charge is 2.27. The van der Waals surface area contributed by atoms with E-state index in [2.05, 4.69) is 5.32 Å². The summed E-state index contributed by atoms with van der Waals surface area (Å²) < 4.78 is 16.1. The monoisotopic (exact) mass is 277 g/mol. The van der Waals surface area contributed by atoms with Crippen molar-refractivity contribution in [3.05, 3.63) is 23.8 Å². The Hall–Kier alpha value is -1.92. The standard InChI is InChI=1S/C14H15NO5/c1-8-14(17)15-10-6-9(2-3-11(10)20-8)13(16)12-7-18-4-5-19-12/h2-3,6,8,12H,4-5,7H2,1H3,(H,15,17). The first kappa shape index (κ1) is 13.1. The predicted octanol–water partition coefficient (Wildman–Crippen LogP) is 1.00. The molecule has 1 aromatic carbocycles. The fourth-order valence-electron chi connectivity index (χ4n) is 2.19. The molecule has 3 rings (SSSR count). The maximum Gasteiger partial charge on any atom is 0.265 e. The molecule has 0 aromatic heterocycles. The van der Waals surface area contributed by atoms with Crippen molar-refractivity contribution < 1.29 is 23.8 Å². The molecule has 20 heavy (non-hydrogen) atoms. The third kappa shape index (κ3) is 2.39. The average molecular weight is 277 g/mol. The maximum absolute atomic E-state index is 12.3. The van der Waals surface area contributed by atoms with Crippen LogP contribution in [0.3, 0.4) is 0 Å². The van der Waals surface area contributed by atoms with Crippen LogP contribution in [0.5, 0.6) is 5.75 Å². The van der Waals surface area contributed by atoms with Crippen LogP contribution in [0.25, 0.3) is 0 Å². The largest absolute Gasteiger partial charge is 0.479 e. The number of hydrogen-bond donors (Lipinski definition) is 1. The van der Waals surface area contributed by atoms with Crippen molar-refractivity contribution in [1.29, 1.82) is 0 Å². The Labute approximate surface area is 116 Å². The van der Waals surface area contributed by atoms with E-state index in [1.807, 2.05) is 0 Å². The number of fused-ring (bicyclic) bond motifs is 1. The summed E-state index contributed by atoms with van der Waals surface area (Å²) in [4.78, 5) is 23.8. The first-order valence-corrected chi connectivity index (χ1v) is 6.50. The summed E-state index contributed by atoms with van der Waals surface area (Å²) in [5.74, 6) is 0.189. The van der Waals surface area contributed by atoms with Crippen LogP contribution in [-0.2, 0) is 14.3 Å². The number of ketones is 1. The molecular weight excluding hydrogens is 262 g/mol. The van der Waals surface area contributed by atoms with Gasteiger partial charge in [0.25, 0.3) is 5.91 Å². The van der Waals surface area contributed by atoms with Gasteiger partial charge < -0.3 is 19.5 Å². The summed E-state index contributed by atoms with van der Waals surface area (Å²) in [7, 11) is 0. The number of anilines is 1. The molecule has 1 fully saturated rings. The van der Waals surface area contributed by atoms with Crippen LogP contribution in [-0.4, -0.2) is 43.7 Å². The van der Waals surface area contributed by atoms with Gasteiger partial charge in [-0.2, -0.15) is 0 Å². The molecule has 1 aromatic rings. The number of benzene rings is 1. The number of hydrogen-bond acceptors (Lipinski definition) is 5. The number of carbonyl (C=O) groups is 2. The molecule has 2 aliphatic heterocycles. The normalized spacial score (nSPS) is 25.4. The Morgan fingerprint density at radius 2 is 2.20 bits per heavy atom. The van der Waals surface area contributed by atoms with Crippen LogP contribution in [0.15, 0.2) is 18.2 Å². The Morgan fingerprint density at radius 1 is 1.35 bits per heavy atom. The third-order valence-corrected chi connectivity index (χ3v) is 3.30. The lowest BCUT2D eigenvalue weighted by atomic mass is 10.0. The molecule has 0 aliphatic carbocycles. The van der Waals surface area contributed by atoms with Crippen LogP contribution in [0, 0.1) is 0 Å². The number of ether oxygens (including phenoxy) is 3. The van der Waals surface area contributed by atoms with Gasteiger partial charge in [0.15, 0.2) is 11.9 Å². The molecule has 1 saturated heterocycles. The summed E-state index contributed by atoms with van der Waals surface area (Å²) in [6, 6.07) is 4.96. The van der Waals surface area contributed by atoms with E-state index in [4.69, 9.17) is 14.2 Å². The fraction of sp³-hybridized carbons (Fsp3) is 0.429. The Morgan fingerprint density at radius 3 is 2.95 bits per heavy atom. The van der Waals surface area contributed by atoms with Gasteiger partial charge in [-0.15, -0.1) is 0 Å². The van der Waals surface area contributed by atoms with Crippen molar-refractivity contribution in [1.82, 2.24) is 0 Å². The number of carbonyl (C=O) groups excluding carboxylic acids is 2. The van der Waals surface area contributed by atoms with E-state index in [1.165, 1.54) is 0 Å². The predicted molar refractivity (Wildman–Crippen MR) is 70.1 cm³/mol. The number of rotatable bonds is 2. The molecular formula is C14H15NO5. The summed E-state index contributed by atoms with van der Waals surface area (Å²) in [5.41, 5.74) is 0.980.